The summed E-state index contributed by atoms with van der Waals surface area (Å²) in [7, 11) is 0. The molecular weight excluding hydrogens is 836 g/mol. The second kappa shape index (κ2) is 13.1. The summed E-state index contributed by atoms with van der Waals surface area (Å²) in [5, 5.41) is 3.89. The van der Waals surface area contributed by atoms with Crippen molar-refractivity contribution in [1.29, 1.82) is 0 Å². The van der Waals surface area contributed by atoms with Crippen LogP contribution in [0.1, 0.15) is 181 Å². The molecule has 0 spiro atoms. The Labute approximate surface area is 411 Å². The van der Waals surface area contributed by atoms with Gasteiger partial charge in [0.05, 0.1) is 5.69 Å². The highest BCUT2D eigenvalue weighted by molar-refractivity contribution is 6.89. The van der Waals surface area contributed by atoms with Gasteiger partial charge in [0.15, 0.2) is 0 Å². The molecule has 0 radical (unpaired) electrons. The predicted octanol–water partition coefficient (Wildman–Crippen LogP) is 16.6. The van der Waals surface area contributed by atoms with Gasteiger partial charge in [0.2, 0.25) is 0 Å². The lowest BCUT2D eigenvalue weighted by molar-refractivity contribution is 0.332. The molecule has 3 nitrogen and oxygen atoms in total. The first-order valence-electron chi connectivity index (χ1n) is 26.2. The fourth-order valence-corrected chi connectivity index (χ4v) is 14.3. The molecule has 0 saturated heterocycles. The van der Waals surface area contributed by atoms with Gasteiger partial charge in [0, 0.05) is 49.5 Å². The lowest BCUT2D eigenvalue weighted by Crippen LogP contribution is -2.56. The van der Waals surface area contributed by atoms with Crippen LogP contribution in [-0.2, 0) is 37.9 Å². The van der Waals surface area contributed by atoms with Crippen molar-refractivity contribution in [3.63, 3.8) is 0 Å². The van der Waals surface area contributed by atoms with Gasteiger partial charge < -0.3 is 13.8 Å². The number of hydrogen-bond acceptors (Lipinski definition) is 2. The van der Waals surface area contributed by atoms with Gasteiger partial charge in [0.1, 0.15) is 11.2 Å². The zero-order valence-corrected chi connectivity index (χ0v) is 44.4. The summed E-state index contributed by atoms with van der Waals surface area (Å²) >= 11 is 0. The maximum Gasteiger partial charge on any atom is 0.375 e. The minimum atomic E-state index is -0.278. The number of nitrogens with zero attached hydrogens (tertiary/aromatic N) is 2. The van der Waals surface area contributed by atoms with Gasteiger partial charge in [-0.1, -0.05) is 147 Å². The SMILES string of the molecule is CC(C)(C)c1ccc2c(c1)c1cc(C(C)(C)C)cc3c1n2B1c2oc4cc5c(cc4c2N(c2ccc4c(c2)C(C)(C)CCC4(C)C)c2c1c-3cc1c2C(C)(C)c2ccccc2-1)C(C)(C)CCC5(C)C. The summed E-state index contributed by atoms with van der Waals surface area (Å²) in [6.07, 6.45) is 4.66. The van der Waals surface area contributed by atoms with Gasteiger partial charge in [-0.15, -0.1) is 0 Å². The third-order valence-corrected chi connectivity index (χ3v) is 18.8. The van der Waals surface area contributed by atoms with Crippen molar-refractivity contribution in [3.8, 4) is 22.3 Å². The van der Waals surface area contributed by atoms with Crippen molar-refractivity contribution in [1.82, 2.24) is 4.48 Å². The Morgan fingerprint density at radius 1 is 0.493 bits per heavy atom. The number of benzene rings is 6. The molecule has 6 aromatic carbocycles. The Balaban J connectivity index is 1.26. The molecule has 0 saturated carbocycles. The largest absolute Gasteiger partial charge is 0.466 e. The van der Waals surface area contributed by atoms with E-state index < -0.39 is 0 Å². The minimum Gasteiger partial charge on any atom is -0.466 e. The van der Waals surface area contributed by atoms with Gasteiger partial charge in [-0.3, -0.25) is 0 Å². The average Bonchev–Trinajstić information content (AvgIpc) is 3.89. The molecule has 69 heavy (non-hydrogen) atoms. The fraction of sp³-hybridized carbons (Fsp3) is 0.415. The van der Waals surface area contributed by atoms with E-state index >= 15 is 0 Å². The van der Waals surface area contributed by atoms with Gasteiger partial charge in [-0.2, -0.15) is 0 Å². The first-order valence-corrected chi connectivity index (χ1v) is 26.2. The van der Waals surface area contributed by atoms with E-state index in [1.165, 1.54) is 123 Å². The van der Waals surface area contributed by atoms with Crippen LogP contribution in [0.4, 0.5) is 17.1 Å². The smallest absolute Gasteiger partial charge is 0.375 e. The second-order valence-corrected chi connectivity index (χ2v) is 27.5. The second-order valence-electron chi connectivity index (χ2n) is 27.5. The first-order chi connectivity index (χ1) is 32.2. The van der Waals surface area contributed by atoms with E-state index in [9.17, 15) is 0 Å². The maximum absolute atomic E-state index is 7.80. The summed E-state index contributed by atoms with van der Waals surface area (Å²) in [6, 6.07) is 37.0. The quantitative estimate of drug-likeness (QED) is 0.153. The third-order valence-electron chi connectivity index (χ3n) is 18.8. The Kier molecular flexibility index (Phi) is 8.25. The van der Waals surface area contributed by atoms with Crippen LogP contribution < -0.4 is 16.0 Å². The van der Waals surface area contributed by atoms with Crippen LogP contribution in [0.2, 0.25) is 0 Å². The summed E-state index contributed by atoms with van der Waals surface area (Å²) in [6.45, 7) is 38.7. The van der Waals surface area contributed by atoms with Crippen LogP contribution in [0, 0.1) is 0 Å². The van der Waals surface area contributed by atoms with Crippen LogP contribution in [0.5, 0.6) is 0 Å². The van der Waals surface area contributed by atoms with Crippen LogP contribution in [-0.4, -0.2) is 11.3 Å². The molecule has 5 aliphatic rings. The molecule has 2 aliphatic heterocycles. The molecule has 350 valence electrons. The van der Waals surface area contributed by atoms with Crippen molar-refractivity contribution < 1.29 is 4.42 Å². The monoisotopic (exact) mass is 907 g/mol. The number of aromatic nitrogens is 1. The van der Waals surface area contributed by atoms with Crippen molar-refractivity contribution >= 4 is 67.8 Å². The van der Waals surface area contributed by atoms with Crippen LogP contribution in [0.25, 0.3) is 55.0 Å². The Morgan fingerprint density at radius 3 is 1.77 bits per heavy atom. The molecule has 0 N–H and O–H groups in total. The zero-order valence-electron chi connectivity index (χ0n) is 44.4. The topological polar surface area (TPSA) is 21.3 Å². The molecule has 0 amide bonds. The first kappa shape index (κ1) is 43.5. The average molecular weight is 907 g/mol. The fourth-order valence-electron chi connectivity index (χ4n) is 14.3. The molecule has 0 unspecified atom stereocenters. The lowest BCUT2D eigenvalue weighted by atomic mass is 9.47. The van der Waals surface area contributed by atoms with Crippen LogP contribution in [0.15, 0.2) is 95.4 Å². The molecule has 0 atom stereocenters. The Morgan fingerprint density at radius 2 is 1.10 bits per heavy atom. The highest BCUT2D eigenvalue weighted by atomic mass is 16.3. The van der Waals surface area contributed by atoms with Crippen LogP contribution in [0.3, 0.4) is 0 Å². The van der Waals surface area contributed by atoms with Gasteiger partial charge in [-0.25, -0.2) is 0 Å². The van der Waals surface area contributed by atoms with E-state index in [1.54, 1.807) is 0 Å². The summed E-state index contributed by atoms with van der Waals surface area (Å²) < 4.78 is 10.5. The van der Waals surface area contributed by atoms with Crippen LogP contribution >= 0.6 is 0 Å². The maximum atomic E-state index is 7.80. The number of hydrogen-bond donors (Lipinski definition) is 0. The molecule has 4 heteroatoms. The van der Waals surface area contributed by atoms with Gasteiger partial charge in [-0.05, 0) is 179 Å². The highest BCUT2D eigenvalue weighted by Gasteiger charge is 2.52. The summed E-state index contributed by atoms with van der Waals surface area (Å²) in [4.78, 5) is 2.74. The molecule has 3 aliphatic carbocycles. The molecule has 2 aromatic heterocycles. The van der Waals surface area contributed by atoms with E-state index in [-0.39, 0.29) is 44.8 Å². The molecule has 4 heterocycles. The van der Waals surface area contributed by atoms with Crippen molar-refractivity contribution in [2.75, 3.05) is 4.90 Å². The van der Waals surface area contributed by atoms with E-state index in [0.29, 0.717) is 0 Å². The standard InChI is InChI=1S/C65H71BN2O/c1-59(2,3)36-21-24-51-40(29-36)43-30-37(60(4,5)6)31-44-42-33-41-39-19-17-18-20-46(39)65(15,16)53(41)57-54(42)66(68(51)55(43)44)58-56(45-34-49-50(35-52(45)69-58)64(13,14)28-27-63(49,11)12)67(57)38-22-23-47-48(32-38)62(9,10)26-25-61(47,7)8/h17-24,29-35H,25-28H2,1-16H3. The van der Waals surface area contributed by atoms with Crippen molar-refractivity contribution in [2.45, 2.75) is 174 Å². The molecular formula is C65H71BN2O. The molecule has 8 aromatic rings. The Hall–Kier alpha value is -5.48. The minimum absolute atomic E-state index is 0.000259. The van der Waals surface area contributed by atoms with Crippen molar-refractivity contribution in [2.24, 2.45) is 0 Å². The summed E-state index contributed by atoms with van der Waals surface area (Å²) in [5.41, 5.74) is 26.4. The van der Waals surface area contributed by atoms with Gasteiger partial charge in [0.25, 0.3) is 0 Å². The highest BCUT2D eigenvalue weighted by Crippen LogP contribution is 2.60. The van der Waals surface area contributed by atoms with Gasteiger partial charge >= 0.3 is 6.85 Å². The Bertz CT molecular complexity index is 3620. The number of rotatable bonds is 1. The summed E-state index contributed by atoms with van der Waals surface area (Å²) in [5.74, 6) is 0. The lowest BCUT2D eigenvalue weighted by Gasteiger charge is -2.44. The normalized spacial score (nSPS) is 19.6. The van der Waals surface area contributed by atoms with E-state index in [4.69, 9.17) is 4.42 Å². The van der Waals surface area contributed by atoms with E-state index in [0.717, 1.165) is 30.5 Å². The number of furan rings is 1. The number of anilines is 3. The van der Waals surface area contributed by atoms with Crippen molar-refractivity contribution in [3.05, 3.63) is 136 Å². The van der Waals surface area contributed by atoms with E-state index in [1.807, 2.05) is 0 Å². The third kappa shape index (κ3) is 5.64. The van der Waals surface area contributed by atoms with E-state index in [2.05, 4.69) is 211 Å². The predicted molar refractivity (Wildman–Crippen MR) is 295 cm³/mol. The molecule has 0 fully saturated rings. The zero-order chi connectivity index (χ0) is 48.7. The number of fused-ring (bicyclic) bond motifs is 15. The molecule has 0 bridgehead atoms. The molecule has 13 rings (SSSR count).